The minimum atomic E-state index is -5.09. The van der Waals surface area contributed by atoms with E-state index in [1.165, 1.54) is 18.2 Å². The molecular weight excluding hydrogens is 338 g/mol. The molecule has 0 aliphatic rings. The number of aromatic nitrogens is 3. The van der Waals surface area contributed by atoms with E-state index < -0.39 is 30.5 Å². The number of nitrogens with zero attached hydrogens (tertiary/aromatic N) is 3. The molecule has 0 unspecified atom stereocenters. The van der Waals surface area contributed by atoms with Crippen molar-refractivity contribution in [2.75, 3.05) is 5.73 Å². The molecule has 2 aromatic rings. The summed E-state index contributed by atoms with van der Waals surface area (Å²) in [6.45, 7) is -0.648. The lowest BCUT2D eigenvalue weighted by Gasteiger charge is -2.10. The van der Waals surface area contributed by atoms with Gasteiger partial charge in [-0.25, -0.2) is 4.68 Å². The second kappa shape index (κ2) is 5.34. The van der Waals surface area contributed by atoms with E-state index in [0.29, 0.717) is 0 Å². The highest BCUT2D eigenvalue weighted by atomic mass is 35.5. The van der Waals surface area contributed by atoms with Crippen LogP contribution in [-0.4, -0.2) is 14.8 Å². The molecule has 0 spiro atoms. The summed E-state index contributed by atoms with van der Waals surface area (Å²) in [5.41, 5.74) is 5.73. The molecule has 22 heavy (non-hydrogen) atoms. The monoisotopic (exact) mass is 344 g/mol. The topological polar surface area (TPSA) is 56.7 Å². The predicted octanol–water partition coefficient (Wildman–Crippen LogP) is 3.60. The SMILES string of the molecule is Nc1ccc(Cl)cc1Cn1nc(C(F)(F)F)nc1C(F)(F)F. The molecular formula is C11H7ClF6N4. The Morgan fingerprint density at radius 1 is 1.09 bits per heavy atom. The Hall–Kier alpha value is -1.97. The van der Waals surface area contributed by atoms with Gasteiger partial charge in [-0.15, -0.1) is 5.10 Å². The van der Waals surface area contributed by atoms with Gasteiger partial charge in [-0.05, 0) is 23.8 Å². The van der Waals surface area contributed by atoms with Crippen LogP contribution in [0.25, 0.3) is 0 Å². The molecule has 1 aromatic carbocycles. The Labute approximate surface area is 124 Å². The van der Waals surface area contributed by atoms with Crippen LogP contribution in [0.3, 0.4) is 0 Å². The van der Waals surface area contributed by atoms with Gasteiger partial charge in [0, 0.05) is 10.7 Å². The van der Waals surface area contributed by atoms with Crippen molar-refractivity contribution in [1.82, 2.24) is 14.8 Å². The third kappa shape index (κ3) is 3.43. The summed E-state index contributed by atoms with van der Waals surface area (Å²) in [5.74, 6) is -3.64. The van der Waals surface area contributed by atoms with Gasteiger partial charge >= 0.3 is 12.4 Å². The smallest absolute Gasteiger partial charge is 0.398 e. The number of hydrogen-bond donors (Lipinski definition) is 1. The van der Waals surface area contributed by atoms with Crippen LogP contribution in [0.4, 0.5) is 32.0 Å². The van der Waals surface area contributed by atoms with Crippen molar-refractivity contribution in [3.8, 4) is 0 Å². The Bertz CT molecular complexity index is 691. The fraction of sp³-hybridized carbons (Fsp3) is 0.273. The maximum atomic E-state index is 12.8. The largest absolute Gasteiger partial charge is 0.453 e. The van der Waals surface area contributed by atoms with Gasteiger partial charge in [0.1, 0.15) is 0 Å². The average molecular weight is 345 g/mol. The highest BCUT2D eigenvalue weighted by Crippen LogP contribution is 2.33. The number of alkyl halides is 6. The van der Waals surface area contributed by atoms with Crippen molar-refractivity contribution in [1.29, 1.82) is 0 Å². The van der Waals surface area contributed by atoms with Crippen LogP contribution in [0.5, 0.6) is 0 Å². The van der Waals surface area contributed by atoms with Crippen molar-refractivity contribution >= 4 is 17.3 Å². The molecule has 0 radical (unpaired) electrons. The fourth-order valence-electron chi connectivity index (χ4n) is 1.65. The van der Waals surface area contributed by atoms with Crippen molar-refractivity contribution < 1.29 is 26.3 Å². The molecule has 0 aliphatic heterocycles. The molecule has 1 heterocycles. The van der Waals surface area contributed by atoms with Crippen molar-refractivity contribution in [2.24, 2.45) is 0 Å². The van der Waals surface area contributed by atoms with Crippen molar-refractivity contribution in [2.45, 2.75) is 18.9 Å². The highest BCUT2D eigenvalue weighted by molar-refractivity contribution is 6.30. The Morgan fingerprint density at radius 3 is 2.27 bits per heavy atom. The zero-order valence-electron chi connectivity index (χ0n) is 10.5. The zero-order chi connectivity index (χ0) is 16.7. The number of halogens is 7. The van der Waals surface area contributed by atoms with Crippen molar-refractivity contribution in [3.63, 3.8) is 0 Å². The van der Waals surface area contributed by atoms with Gasteiger partial charge in [-0.1, -0.05) is 11.6 Å². The molecule has 4 nitrogen and oxygen atoms in total. The summed E-state index contributed by atoms with van der Waals surface area (Å²) in [6.07, 6.45) is -10.2. The van der Waals surface area contributed by atoms with E-state index >= 15 is 0 Å². The minimum absolute atomic E-state index is 0.0709. The number of nitrogens with two attached hydrogens (primary N) is 1. The second-order valence-electron chi connectivity index (χ2n) is 4.26. The number of anilines is 1. The van der Waals surface area contributed by atoms with Gasteiger partial charge in [0.05, 0.1) is 6.54 Å². The lowest BCUT2D eigenvalue weighted by molar-refractivity contribution is -0.150. The highest BCUT2D eigenvalue weighted by Gasteiger charge is 2.44. The molecule has 2 rings (SSSR count). The number of hydrogen-bond acceptors (Lipinski definition) is 3. The zero-order valence-corrected chi connectivity index (χ0v) is 11.3. The van der Waals surface area contributed by atoms with E-state index in [1.807, 2.05) is 0 Å². The lowest BCUT2D eigenvalue weighted by Crippen LogP contribution is -2.17. The lowest BCUT2D eigenvalue weighted by atomic mass is 10.2. The minimum Gasteiger partial charge on any atom is -0.398 e. The summed E-state index contributed by atoms with van der Waals surface area (Å²) in [5, 5.41) is 3.05. The first-order chi connectivity index (χ1) is 9.98. The van der Waals surface area contributed by atoms with Crippen LogP contribution in [0.15, 0.2) is 18.2 Å². The summed E-state index contributed by atoms with van der Waals surface area (Å²) in [7, 11) is 0. The van der Waals surface area contributed by atoms with Crippen molar-refractivity contribution in [3.05, 3.63) is 40.4 Å². The summed E-state index contributed by atoms with van der Waals surface area (Å²) in [6, 6.07) is 3.96. The summed E-state index contributed by atoms with van der Waals surface area (Å²) in [4.78, 5) is 2.53. The third-order valence-corrected chi connectivity index (χ3v) is 2.84. The van der Waals surface area contributed by atoms with Crippen LogP contribution in [0.2, 0.25) is 5.02 Å². The predicted molar refractivity (Wildman–Crippen MR) is 65.0 cm³/mol. The molecule has 1 aromatic heterocycles. The van der Waals surface area contributed by atoms with Crippen LogP contribution < -0.4 is 5.73 Å². The van der Waals surface area contributed by atoms with Gasteiger partial charge in [-0.3, -0.25) is 0 Å². The first-order valence-corrected chi connectivity index (χ1v) is 5.99. The molecule has 2 N–H and O–H groups in total. The van der Waals surface area contributed by atoms with Gasteiger partial charge in [-0.2, -0.15) is 31.3 Å². The molecule has 0 fully saturated rings. The van der Waals surface area contributed by atoms with E-state index in [-0.39, 0.29) is 21.0 Å². The van der Waals surface area contributed by atoms with E-state index in [0.717, 1.165) is 0 Å². The standard InChI is InChI=1S/C11H7ClF6N4/c12-6-1-2-7(19)5(3-6)4-22-9(11(16,17)18)20-8(21-22)10(13,14)15/h1-3H,4,19H2. The molecule has 0 bridgehead atoms. The number of rotatable bonds is 2. The molecule has 120 valence electrons. The van der Waals surface area contributed by atoms with E-state index in [4.69, 9.17) is 17.3 Å². The first kappa shape index (κ1) is 16.4. The second-order valence-corrected chi connectivity index (χ2v) is 4.69. The molecule has 11 heteroatoms. The quantitative estimate of drug-likeness (QED) is 0.669. The molecule has 0 atom stereocenters. The number of nitrogen functional groups attached to an aromatic ring is 1. The van der Waals surface area contributed by atoms with Crippen LogP contribution in [0, 0.1) is 0 Å². The first-order valence-electron chi connectivity index (χ1n) is 5.61. The average Bonchev–Trinajstić information content (AvgIpc) is 2.77. The summed E-state index contributed by atoms with van der Waals surface area (Å²) < 4.78 is 76.0. The molecule has 0 saturated carbocycles. The summed E-state index contributed by atoms with van der Waals surface area (Å²) >= 11 is 5.69. The molecule has 0 aliphatic carbocycles. The number of benzene rings is 1. The van der Waals surface area contributed by atoms with Crippen LogP contribution in [-0.2, 0) is 18.9 Å². The fourth-order valence-corrected chi connectivity index (χ4v) is 1.85. The van der Waals surface area contributed by atoms with Gasteiger partial charge in [0.15, 0.2) is 0 Å². The van der Waals surface area contributed by atoms with E-state index in [9.17, 15) is 26.3 Å². The van der Waals surface area contributed by atoms with E-state index in [2.05, 4.69) is 10.1 Å². The van der Waals surface area contributed by atoms with Crippen LogP contribution in [0.1, 0.15) is 17.2 Å². The maximum Gasteiger partial charge on any atom is 0.453 e. The Balaban J connectivity index is 2.50. The van der Waals surface area contributed by atoms with Crippen LogP contribution >= 0.6 is 11.6 Å². The molecule has 0 saturated heterocycles. The van der Waals surface area contributed by atoms with Gasteiger partial charge in [0.25, 0.3) is 5.82 Å². The third-order valence-electron chi connectivity index (χ3n) is 2.60. The Kier molecular flexibility index (Phi) is 3.98. The Morgan fingerprint density at radius 2 is 1.73 bits per heavy atom. The maximum absolute atomic E-state index is 12.8. The van der Waals surface area contributed by atoms with E-state index in [1.54, 1.807) is 0 Å². The normalized spacial score (nSPS) is 12.7. The van der Waals surface area contributed by atoms with Gasteiger partial charge in [0.2, 0.25) is 5.82 Å². The molecule has 0 amide bonds. The van der Waals surface area contributed by atoms with Gasteiger partial charge < -0.3 is 5.73 Å².